The molecule has 0 spiro atoms. The SMILES string of the molecule is O=C(O)c1cc(C(F)F)c(Br)nc1[N+](=O)[O-]. The molecular formula is C7H3BrF2N2O4. The highest BCUT2D eigenvalue weighted by Crippen LogP contribution is 2.30. The van der Waals surface area contributed by atoms with Crippen molar-refractivity contribution in [2.45, 2.75) is 6.43 Å². The maximum atomic E-state index is 12.4. The monoisotopic (exact) mass is 296 g/mol. The van der Waals surface area contributed by atoms with E-state index in [1.54, 1.807) is 0 Å². The average Bonchev–Trinajstić information content (AvgIpc) is 2.15. The number of halogens is 3. The number of aromatic nitrogens is 1. The maximum Gasteiger partial charge on any atom is 0.379 e. The fourth-order valence-electron chi connectivity index (χ4n) is 0.947. The summed E-state index contributed by atoms with van der Waals surface area (Å²) < 4.78 is 24.3. The second kappa shape index (κ2) is 4.47. The van der Waals surface area contributed by atoms with Gasteiger partial charge in [-0.2, -0.15) is 0 Å². The van der Waals surface area contributed by atoms with Gasteiger partial charge in [-0.25, -0.2) is 13.6 Å². The molecule has 1 rings (SSSR count). The molecule has 1 aromatic heterocycles. The molecule has 16 heavy (non-hydrogen) atoms. The summed E-state index contributed by atoms with van der Waals surface area (Å²) in [5.74, 6) is -2.67. The Morgan fingerprint density at radius 1 is 1.62 bits per heavy atom. The predicted molar refractivity (Wildman–Crippen MR) is 50.5 cm³/mol. The molecule has 1 N–H and O–H groups in total. The first kappa shape index (κ1) is 12.4. The van der Waals surface area contributed by atoms with E-state index in [-0.39, 0.29) is 0 Å². The minimum Gasteiger partial charge on any atom is -0.477 e. The van der Waals surface area contributed by atoms with E-state index in [1.807, 2.05) is 0 Å². The molecule has 1 aromatic rings. The standard InChI is InChI=1S/C7H3BrF2N2O4/c8-4-2(5(9)10)1-3(7(13)14)6(11-4)12(15)16/h1,5H,(H,13,14). The normalized spacial score (nSPS) is 10.5. The van der Waals surface area contributed by atoms with Crippen LogP contribution in [0.3, 0.4) is 0 Å². The molecule has 86 valence electrons. The first-order valence-electron chi connectivity index (χ1n) is 3.71. The number of hydrogen-bond donors (Lipinski definition) is 1. The first-order chi connectivity index (χ1) is 7.34. The van der Waals surface area contributed by atoms with Crippen molar-refractivity contribution in [3.8, 4) is 0 Å². The molecule has 0 aliphatic rings. The van der Waals surface area contributed by atoms with Crippen LogP contribution < -0.4 is 0 Å². The minimum atomic E-state index is -2.97. The molecule has 9 heteroatoms. The number of carbonyl (C=O) groups is 1. The van der Waals surface area contributed by atoms with Crippen molar-refractivity contribution >= 4 is 27.7 Å². The van der Waals surface area contributed by atoms with Crippen LogP contribution >= 0.6 is 15.9 Å². The molecule has 0 saturated carbocycles. The molecule has 1 heterocycles. The Kier molecular flexibility index (Phi) is 3.48. The van der Waals surface area contributed by atoms with Crippen LogP contribution in [0, 0.1) is 10.1 Å². The largest absolute Gasteiger partial charge is 0.477 e. The lowest BCUT2D eigenvalue weighted by Gasteiger charge is -2.02. The van der Waals surface area contributed by atoms with E-state index in [4.69, 9.17) is 5.11 Å². The molecule has 0 aliphatic carbocycles. The molecule has 0 fully saturated rings. The molecule has 0 amide bonds. The second-order valence-corrected chi connectivity index (χ2v) is 3.35. The van der Waals surface area contributed by atoms with Crippen molar-refractivity contribution in [3.63, 3.8) is 0 Å². The summed E-state index contributed by atoms with van der Waals surface area (Å²) in [7, 11) is 0. The van der Waals surface area contributed by atoms with E-state index >= 15 is 0 Å². The van der Waals surface area contributed by atoms with Gasteiger partial charge >= 0.3 is 11.8 Å². The highest BCUT2D eigenvalue weighted by atomic mass is 79.9. The van der Waals surface area contributed by atoms with Crippen molar-refractivity contribution in [3.05, 3.63) is 31.9 Å². The van der Waals surface area contributed by atoms with Gasteiger partial charge in [-0.05, 0) is 16.0 Å². The number of carboxylic acid groups (broad SMARTS) is 1. The van der Waals surface area contributed by atoms with Gasteiger partial charge in [0, 0.05) is 15.9 Å². The zero-order valence-corrected chi connectivity index (χ0v) is 8.94. The zero-order valence-electron chi connectivity index (χ0n) is 7.35. The van der Waals surface area contributed by atoms with Crippen molar-refractivity contribution in [2.75, 3.05) is 0 Å². The molecule has 0 radical (unpaired) electrons. The molecule has 0 atom stereocenters. The van der Waals surface area contributed by atoms with Gasteiger partial charge in [0.25, 0.3) is 6.43 Å². The number of rotatable bonds is 3. The van der Waals surface area contributed by atoms with Crippen molar-refractivity contribution in [1.82, 2.24) is 4.98 Å². The smallest absolute Gasteiger partial charge is 0.379 e. The average molecular weight is 297 g/mol. The Morgan fingerprint density at radius 2 is 2.19 bits per heavy atom. The van der Waals surface area contributed by atoms with Gasteiger partial charge in [-0.3, -0.25) is 0 Å². The number of aromatic carboxylic acids is 1. The lowest BCUT2D eigenvalue weighted by molar-refractivity contribution is -0.390. The summed E-state index contributed by atoms with van der Waals surface area (Å²) in [5, 5.41) is 19.0. The van der Waals surface area contributed by atoms with Crippen LogP contribution in [0.25, 0.3) is 0 Å². The van der Waals surface area contributed by atoms with Crippen LogP contribution in [0.2, 0.25) is 0 Å². The van der Waals surface area contributed by atoms with Crippen LogP contribution in [0.15, 0.2) is 10.7 Å². The van der Waals surface area contributed by atoms with E-state index < -0.39 is 38.9 Å². The summed E-state index contributed by atoms with van der Waals surface area (Å²) in [6.07, 6.45) is -2.97. The van der Waals surface area contributed by atoms with E-state index in [9.17, 15) is 23.7 Å². The van der Waals surface area contributed by atoms with Crippen molar-refractivity contribution in [1.29, 1.82) is 0 Å². The maximum absolute atomic E-state index is 12.4. The summed E-state index contributed by atoms with van der Waals surface area (Å²) >= 11 is 2.61. The molecule has 6 nitrogen and oxygen atoms in total. The highest BCUT2D eigenvalue weighted by molar-refractivity contribution is 9.10. The highest BCUT2D eigenvalue weighted by Gasteiger charge is 2.28. The van der Waals surface area contributed by atoms with E-state index in [2.05, 4.69) is 20.9 Å². The number of nitro groups is 1. The van der Waals surface area contributed by atoms with Gasteiger partial charge in [0.1, 0.15) is 0 Å². The van der Waals surface area contributed by atoms with E-state index in [0.717, 1.165) is 0 Å². The van der Waals surface area contributed by atoms with Gasteiger partial charge < -0.3 is 15.2 Å². The van der Waals surface area contributed by atoms with E-state index in [1.165, 1.54) is 0 Å². The number of pyridine rings is 1. The topological polar surface area (TPSA) is 93.3 Å². The van der Waals surface area contributed by atoms with Gasteiger partial charge in [0.2, 0.25) is 4.60 Å². The zero-order chi connectivity index (χ0) is 12.5. The Morgan fingerprint density at radius 3 is 2.56 bits per heavy atom. The number of hydrogen-bond acceptors (Lipinski definition) is 4. The molecule has 0 saturated heterocycles. The Balaban J connectivity index is 3.49. The summed E-state index contributed by atoms with van der Waals surface area (Å²) in [6, 6.07) is 0.530. The van der Waals surface area contributed by atoms with Crippen molar-refractivity contribution < 1.29 is 23.6 Å². The predicted octanol–water partition coefficient (Wildman–Crippen LogP) is 2.39. The molecule has 0 bridgehead atoms. The first-order valence-corrected chi connectivity index (χ1v) is 4.50. The lowest BCUT2D eigenvalue weighted by Crippen LogP contribution is -2.07. The van der Waals surface area contributed by atoms with Gasteiger partial charge in [-0.15, -0.1) is 0 Å². The van der Waals surface area contributed by atoms with Gasteiger partial charge in [0.05, 0.1) is 5.56 Å². The van der Waals surface area contributed by atoms with Crippen LogP contribution in [0.5, 0.6) is 0 Å². The Bertz CT molecular complexity index is 466. The Labute approximate surface area is 95.2 Å². The van der Waals surface area contributed by atoms with Crippen LogP contribution in [0.4, 0.5) is 14.6 Å². The molecule has 0 aliphatic heterocycles. The molecule has 0 unspecified atom stereocenters. The third-order valence-corrected chi connectivity index (χ3v) is 2.26. The molecular weight excluding hydrogens is 294 g/mol. The van der Waals surface area contributed by atoms with Crippen molar-refractivity contribution in [2.24, 2.45) is 0 Å². The second-order valence-electron chi connectivity index (χ2n) is 2.60. The minimum absolute atomic E-state index is 0.445. The third kappa shape index (κ3) is 2.30. The lowest BCUT2D eigenvalue weighted by atomic mass is 10.2. The Hall–Kier alpha value is -1.64. The van der Waals surface area contributed by atoms with E-state index in [0.29, 0.717) is 6.07 Å². The van der Waals surface area contributed by atoms with Gasteiger partial charge in [0.15, 0.2) is 5.56 Å². The fourth-order valence-corrected chi connectivity index (χ4v) is 1.40. The van der Waals surface area contributed by atoms with Crippen LogP contribution in [-0.4, -0.2) is 21.0 Å². The summed E-state index contributed by atoms with van der Waals surface area (Å²) in [5.41, 5.74) is -1.58. The molecule has 0 aromatic carbocycles. The number of nitrogens with zero attached hydrogens (tertiary/aromatic N) is 2. The van der Waals surface area contributed by atoms with Crippen LogP contribution in [0.1, 0.15) is 22.3 Å². The summed E-state index contributed by atoms with van der Waals surface area (Å²) in [6.45, 7) is 0. The van der Waals surface area contributed by atoms with Gasteiger partial charge in [-0.1, -0.05) is 0 Å². The summed E-state index contributed by atoms with van der Waals surface area (Å²) in [4.78, 5) is 23.2. The number of alkyl halides is 2. The third-order valence-electron chi connectivity index (χ3n) is 1.62. The quantitative estimate of drug-likeness (QED) is 0.525. The van der Waals surface area contributed by atoms with Crippen LogP contribution in [-0.2, 0) is 0 Å². The number of carboxylic acids is 1. The fraction of sp³-hybridized carbons (Fsp3) is 0.143.